The van der Waals surface area contributed by atoms with E-state index in [1.54, 1.807) is 0 Å². The zero-order chi connectivity index (χ0) is 8.72. The third kappa shape index (κ3) is 0.969. The van der Waals surface area contributed by atoms with Crippen molar-refractivity contribution < 1.29 is 5.11 Å². The first-order valence-electron chi connectivity index (χ1n) is 4.47. The Morgan fingerprint density at radius 1 is 1.33 bits per heavy atom. The van der Waals surface area contributed by atoms with Gasteiger partial charge in [-0.15, -0.1) is 0 Å². The van der Waals surface area contributed by atoms with Crippen molar-refractivity contribution in [2.24, 2.45) is 0 Å². The lowest BCUT2D eigenvalue weighted by atomic mass is 9.99. The molecule has 2 rings (SSSR count). The highest BCUT2D eigenvalue weighted by atomic mass is 16.3. The summed E-state index contributed by atoms with van der Waals surface area (Å²) in [5.41, 5.74) is 5.23. The van der Waals surface area contributed by atoms with E-state index in [1.165, 1.54) is 16.7 Å². The minimum Gasteiger partial charge on any atom is -0.388 e. The number of rotatable bonds is 0. The summed E-state index contributed by atoms with van der Waals surface area (Å²) in [6, 6.07) is 4.16. The molecule has 0 amide bonds. The molecule has 0 unspecified atom stereocenters. The molecule has 0 spiro atoms. The molecule has 0 aromatic heterocycles. The molecule has 1 nitrogen and oxygen atoms in total. The van der Waals surface area contributed by atoms with Crippen molar-refractivity contribution in [3.8, 4) is 0 Å². The molecule has 0 fully saturated rings. The summed E-state index contributed by atoms with van der Waals surface area (Å²) in [4.78, 5) is 0. The van der Waals surface area contributed by atoms with Crippen LogP contribution in [0.4, 0.5) is 0 Å². The largest absolute Gasteiger partial charge is 0.388 e. The fourth-order valence-electron chi connectivity index (χ4n) is 1.98. The van der Waals surface area contributed by atoms with Gasteiger partial charge in [-0.2, -0.15) is 0 Å². The predicted molar refractivity (Wildman–Crippen MR) is 49.2 cm³/mol. The molecule has 1 aromatic rings. The minimum absolute atomic E-state index is 0.209. The average Bonchev–Trinajstić information content (AvgIpc) is 2.41. The molecule has 0 radical (unpaired) electrons. The van der Waals surface area contributed by atoms with Gasteiger partial charge in [-0.25, -0.2) is 0 Å². The van der Waals surface area contributed by atoms with E-state index in [4.69, 9.17) is 0 Å². The SMILES string of the molecule is Cc1ccc2c(c1C)CC[C@H]2O. The van der Waals surface area contributed by atoms with Crippen LogP contribution < -0.4 is 0 Å². The van der Waals surface area contributed by atoms with Crippen LogP contribution in [0.2, 0.25) is 0 Å². The summed E-state index contributed by atoms with van der Waals surface area (Å²) < 4.78 is 0. The summed E-state index contributed by atoms with van der Waals surface area (Å²) in [7, 11) is 0. The van der Waals surface area contributed by atoms with Crippen molar-refractivity contribution in [1.82, 2.24) is 0 Å². The highest BCUT2D eigenvalue weighted by Gasteiger charge is 2.21. The van der Waals surface area contributed by atoms with Gasteiger partial charge in [0.2, 0.25) is 0 Å². The van der Waals surface area contributed by atoms with Gasteiger partial charge in [0.25, 0.3) is 0 Å². The highest BCUT2D eigenvalue weighted by molar-refractivity contribution is 5.43. The topological polar surface area (TPSA) is 20.2 Å². The molecule has 1 aromatic carbocycles. The van der Waals surface area contributed by atoms with Crippen molar-refractivity contribution in [3.63, 3.8) is 0 Å². The van der Waals surface area contributed by atoms with E-state index < -0.39 is 0 Å². The predicted octanol–water partition coefficient (Wildman–Crippen LogP) is 2.28. The summed E-state index contributed by atoms with van der Waals surface area (Å²) in [6.45, 7) is 4.27. The van der Waals surface area contributed by atoms with Gasteiger partial charge in [0, 0.05) is 0 Å². The number of fused-ring (bicyclic) bond motifs is 1. The molecule has 1 aliphatic carbocycles. The number of aliphatic hydroxyl groups is 1. The van der Waals surface area contributed by atoms with Gasteiger partial charge in [0.05, 0.1) is 6.10 Å². The highest BCUT2D eigenvalue weighted by Crippen LogP contribution is 2.33. The van der Waals surface area contributed by atoms with Gasteiger partial charge in [-0.05, 0) is 48.9 Å². The molecular formula is C11H14O. The zero-order valence-electron chi connectivity index (χ0n) is 7.59. The first-order valence-corrected chi connectivity index (χ1v) is 4.47. The number of hydrogen-bond acceptors (Lipinski definition) is 1. The van der Waals surface area contributed by atoms with E-state index in [2.05, 4.69) is 26.0 Å². The molecule has 1 atom stereocenters. The van der Waals surface area contributed by atoms with E-state index >= 15 is 0 Å². The molecule has 64 valence electrons. The van der Waals surface area contributed by atoms with Gasteiger partial charge in [-0.3, -0.25) is 0 Å². The Morgan fingerprint density at radius 2 is 2.08 bits per heavy atom. The molecule has 0 bridgehead atoms. The third-order valence-electron chi connectivity index (χ3n) is 2.93. The molecule has 0 saturated carbocycles. The molecule has 0 saturated heterocycles. The van der Waals surface area contributed by atoms with Crippen molar-refractivity contribution in [2.75, 3.05) is 0 Å². The maximum atomic E-state index is 9.60. The Labute approximate surface area is 73.0 Å². The van der Waals surface area contributed by atoms with E-state index in [0.29, 0.717) is 0 Å². The van der Waals surface area contributed by atoms with Gasteiger partial charge in [0.1, 0.15) is 0 Å². The fourth-order valence-corrected chi connectivity index (χ4v) is 1.98. The Kier molecular flexibility index (Phi) is 1.69. The van der Waals surface area contributed by atoms with Gasteiger partial charge < -0.3 is 5.11 Å². The Hall–Kier alpha value is -0.820. The van der Waals surface area contributed by atoms with Crippen LogP contribution in [0, 0.1) is 13.8 Å². The lowest BCUT2D eigenvalue weighted by molar-refractivity contribution is 0.180. The standard InChI is InChI=1S/C11H14O/c1-7-3-4-10-9(8(7)2)5-6-11(10)12/h3-4,11-12H,5-6H2,1-2H3/t11-/m1/s1. The quantitative estimate of drug-likeness (QED) is 0.620. The molecule has 12 heavy (non-hydrogen) atoms. The second kappa shape index (κ2) is 2.60. The number of hydrogen-bond donors (Lipinski definition) is 1. The molecule has 1 aliphatic rings. The number of benzene rings is 1. The summed E-state index contributed by atoms with van der Waals surface area (Å²) in [5, 5.41) is 9.60. The maximum absolute atomic E-state index is 9.60. The van der Waals surface area contributed by atoms with Crippen LogP contribution in [0.25, 0.3) is 0 Å². The van der Waals surface area contributed by atoms with Crippen LogP contribution in [0.1, 0.15) is 34.8 Å². The monoisotopic (exact) mass is 162 g/mol. The lowest BCUT2D eigenvalue weighted by Crippen LogP contribution is -1.93. The molecular weight excluding hydrogens is 148 g/mol. The van der Waals surface area contributed by atoms with Gasteiger partial charge in [-0.1, -0.05) is 12.1 Å². The first kappa shape index (κ1) is 7.81. The van der Waals surface area contributed by atoms with E-state index in [0.717, 1.165) is 18.4 Å². The normalized spacial score (nSPS) is 21.1. The maximum Gasteiger partial charge on any atom is 0.0796 e. The Balaban J connectivity index is 2.60. The van der Waals surface area contributed by atoms with Gasteiger partial charge in [0.15, 0.2) is 0 Å². The zero-order valence-corrected chi connectivity index (χ0v) is 7.59. The van der Waals surface area contributed by atoms with E-state index in [-0.39, 0.29) is 6.10 Å². The first-order chi connectivity index (χ1) is 5.70. The van der Waals surface area contributed by atoms with Crippen molar-refractivity contribution in [3.05, 3.63) is 34.4 Å². The van der Waals surface area contributed by atoms with Crippen LogP contribution in [-0.2, 0) is 6.42 Å². The molecule has 1 heteroatoms. The van der Waals surface area contributed by atoms with Crippen LogP contribution >= 0.6 is 0 Å². The second-order valence-corrected chi connectivity index (χ2v) is 3.63. The van der Waals surface area contributed by atoms with E-state index in [1.807, 2.05) is 0 Å². The third-order valence-corrected chi connectivity index (χ3v) is 2.93. The molecule has 1 N–H and O–H groups in total. The number of aliphatic hydroxyl groups excluding tert-OH is 1. The van der Waals surface area contributed by atoms with Crippen molar-refractivity contribution in [1.29, 1.82) is 0 Å². The second-order valence-electron chi connectivity index (χ2n) is 3.63. The average molecular weight is 162 g/mol. The van der Waals surface area contributed by atoms with Gasteiger partial charge >= 0.3 is 0 Å². The Morgan fingerprint density at radius 3 is 2.83 bits per heavy atom. The van der Waals surface area contributed by atoms with Crippen LogP contribution in [0.15, 0.2) is 12.1 Å². The summed E-state index contributed by atoms with van der Waals surface area (Å²) >= 11 is 0. The molecule has 0 aliphatic heterocycles. The smallest absolute Gasteiger partial charge is 0.0796 e. The van der Waals surface area contributed by atoms with E-state index in [9.17, 15) is 5.11 Å². The minimum atomic E-state index is -0.209. The lowest BCUT2D eigenvalue weighted by Gasteiger charge is -2.08. The van der Waals surface area contributed by atoms with Crippen LogP contribution in [0.5, 0.6) is 0 Å². The summed E-state index contributed by atoms with van der Waals surface area (Å²) in [5.74, 6) is 0. The molecule has 0 heterocycles. The van der Waals surface area contributed by atoms with Crippen molar-refractivity contribution >= 4 is 0 Å². The summed E-state index contributed by atoms with van der Waals surface area (Å²) in [6.07, 6.45) is 1.74. The van der Waals surface area contributed by atoms with Crippen molar-refractivity contribution in [2.45, 2.75) is 32.8 Å². The number of aryl methyl sites for hydroxylation is 1. The van der Waals surface area contributed by atoms with Crippen LogP contribution in [0.3, 0.4) is 0 Å². The Bertz CT molecular complexity index is 315. The fraction of sp³-hybridized carbons (Fsp3) is 0.455. The van der Waals surface area contributed by atoms with Crippen LogP contribution in [-0.4, -0.2) is 5.11 Å².